The first-order valence-corrected chi connectivity index (χ1v) is 11.9. The van der Waals surface area contributed by atoms with E-state index in [1.165, 1.54) is 0 Å². The smallest absolute Gasteiger partial charge is 0.693 e. The van der Waals surface area contributed by atoms with Crippen LogP contribution in [0.2, 0.25) is 0 Å². The summed E-state index contributed by atoms with van der Waals surface area (Å²) in [5, 5.41) is 85.6. The van der Waals surface area contributed by atoms with Crippen molar-refractivity contribution in [3.05, 3.63) is 45.9 Å². The van der Waals surface area contributed by atoms with Gasteiger partial charge in [-0.15, -0.1) is 0 Å². The zero-order chi connectivity index (χ0) is 27.4. The van der Waals surface area contributed by atoms with Gasteiger partial charge in [-0.3, -0.25) is 19.6 Å². The van der Waals surface area contributed by atoms with Gasteiger partial charge in [-0.05, 0) is 105 Å². The number of aliphatic hydroxyl groups excluding tert-OH is 8. The largest absolute Gasteiger partial charge is 4.00 e. The molecule has 4 saturated heterocycles. The van der Waals surface area contributed by atoms with E-state index in [-0.39, 0.29) is 123 Å². The molecule has 4 fully saturated rings. The SMILES string of the molecule is CN1CCC(O)[N-]C1O.CN1CCC(O)[N-]C1O.CN1CCC(O)[N-]C1O.CN1CCC(O)[N-]C1O.O.O.O.O.[Cu].[Cu].[NH2-].[NH2-].[NH2-].[NH2-].[Pt+4].[Pt+4]. The van der Waals surface area contributed by atoms with Crippen molar-refractivity contribution in [1.29, 1.82) is 0 Å². The van der Waals surface area contributed by atoms with Crippen LogP contribution in [-0.2, 0) is 76.3 Å². The Morgan fingerprint density at radius 1 is 0.375 bits per heavy atom. The van der Waals surface area contributed by atoms with Gasteiger partial charge < -0.3 is 109 Å². The second-order valence-corrected chi connectivity index (χ2v) is 8.98. The van der Waals surface area contributed by atoms with E-state index in [0.29, 0.717) is 51.9 Å². The van der Waals surface area contributed by atoms with Gasteiger partial charge in [0.25, 0.3) is 0 Å². The summed E-state index contributed by atoms with van der Waals surface area (Å²) >= 11 is 0. The van der Waals surface area contributed by atoms with Crippen molar-refractivity contribution in [2.24, 2.45) is 0 Å². The van der Waals surface area contributed by atoms with Gasteiger partial charge in [0.2, 0.25) is 0 Å². The normalized spacial score (nSPS) is 29.2. The second-order valence-electron chi connectivity index (χ2n) is 8.98. The van der Waals surface area contributed by atoms with E-state index in [1.54, 1.807) is 47.8 Å². The Kier molecular flexibility index (Phi) is 76.9. The summed E-state index contributed by atoms with van der Waals surface area (Å²) < 4.78 is 0. The summed E-state index contributed by atoms with van der Waals surface area (Å²) in [5.41, 5.74) is 0. The van der Waals surface area contributed by atoms with Gasteiger partial charge in [-0.1, -0.05) is 0 Å². The third-order valence-electron chi connectivity index (χ3n) is 5.76. The first-order valence-electron chi connectivity index (χ1n) is 11.9. The summed E-state index contributed by atoms with van der Waals surface area (Å²) in [4.78, 5) is 6.69. The predicted octanol–water partition coefficient (Wildman–Crippen LogP) is -3.28. The molecule has 0 aromatic rings. The van der Waals surface area contributed by atoms with Gasteiger partial charge in [0, 0.05) is 59.5 Å². The van der Waals surface area contributed by atoms with Crippen molar-refractivity contribution in [1.82, 2.24) is 19.6 Å². The van der Waals surface area contributed by atoms with Crippen molar-refractivity contribution < 1.29 is 139 Å². The van der Waals surface area contributed by atoms with Crippen molar-refractivity contribution in [2.75, 3.05) is 54.4 Å². The van der Waals surface area contributed by atoms with Crippen LogP contribution in [0.25, 0.3) is 45.9 Å². The molecule has 8 unspecified atom stereocenters. The molecule has 0 aromatic heterocycles. The quantitative estimate of drug-likeness (QED) is 0.111. The molecule has 4 aliphatic heterocycles. The van der Waals surface area contributed by atoms with Gasteiger partial charge in [-0.2, -0.15) is 0 Å². The number of nitrogens with zero attached hydrogens (tertiary/aromatic N) is 8. The molecule has 24 N–H and O–H groups in total. The van der Waals surface area contributed by atoms with Crippen LogP contribution in [0.1, 0.15) is 25.7 Å². The predicted molar refractivity (Wildman–Crippen MR) is 166 cm³/mol. The van der Waals surface area contributed by atoms with Crippen molar-refractivity contribution in [3.63, 3.8) is 0 Å². The summed E-state index contributed by atoms with van der Waals surface area (Å²) in [6.45, 7) is 2.80. The molecular weight excluding hydrogens is 1120 g/mol. The van der Waals surface area contributed by atoms with E-state index < -0.39 is 50.3 Å². The number of rotatable bonds is 0. The first kappa shape index (κ1) is 82.8. The molecule has 0 saturated carbocycles. The van der Waals surface area contributed by atoms with Gasteiger partial charge in [0.05, 0.1) is 0 Å². The molecule has 28 heteroatoms. The maximum Gasteiger partial charge on any atom is 4.00 e. The molecule has 48 heavy (non-hydrogen) atoms. The van der Waals surface area contributed by atoms with Crippen LogP contribution in [0.4, 0.5) is 0 Å². The topological polar surface area (TPSA) is 491 Å². The minimum absolute atomic E-state index is 0. The Labute approximate surface area is 333 Å². The maximum absolute atomic E-state index is 8.95. The molecular formula is C20H60Cu2N12O12Pt2. The Morgan fingerprint density at radius 3 is 0.583 bits per heavy atom. The van der Waals surface area contributed by atoms with Gasteiger partial charge in [-0.25, -0.2) is 0 Å². The number of nitrogens with two attached hydrogens (primary N) is 4. The van der Waals surface area contributed by atoms with E-state index >= 15 is 0 Å². The maximum atomic E-state index is 8.95. The number of aliphatic hydroxyl groups is 8. The Balaban J connectivity index is -0.0000000332. The minimum Gasteiger partial charge on any atom is -0.693 e. The third kappa shape index (κ3) is 35.8. The van der Waals surface area contributed by atoms with Crippen molar-refractivity contribution in [3.8, 4) is 0 Å². The van der Waals surface area contributed by atoms with Crippen LogP contribution in [-0.4, -0.2) is 187 Å². The molecule has 4 rings (SSSR count). The molecule has 0 bridgehead atoms. The van der Waals surface area contributed by atoms with Crippen LogP contribution in [0.3, 0.4) is 0 Å². The molecule has 0 aliphatic carbocycles. The molecule has 2 radical (unpaired) electrons. The Hall–Kier alpha value is 1.46. The van der Waals surface area contributed by atoms with E-state index in [0.717, 1.165) is 0 Å². The van der Waals surface area contributed by atoms with E-state index in [2.05, 4.69) is 21.3 Å². The molecule has 24 nitrogen and oxygen atoms in total. The van der Waals surface area contributed by atoms with Gasteiger partial charge >= 0.3 is 42.1 Å². The fourth-order valence-corrected chi connectivity index (χ4v) is 3.11. The molecule has 0 spiro atoms. The van der Waals surface area contributed by atoms with Crippen molar-refractivity contribution in [2.45, 2.75) is 76.0 Å². The number of hydrogen-bond acceptors (Lipinski definition) is 12. The van der Waals surface area contributed by atoms with E-state index in [4.69, 9.17) is 40.9 Å². The van der Waals surface area contributed by atoms with E-state index in [9.17, 15) is 0 Å². The molecule has 0 amide bonds. The van der Waals surface area contributed by atoms with Crippen molar-refractivity contribution >= 4 is 0 Å². The molecule has 4 heterocycles. The summed E-state index contributed by atoms with van der Waals surface area (Å²) in [6.07, 6.45) is -3.45. The fraction of sp³-hybridized carbons (Fsp3) is 1.00. The Morgan fingerprint density at radius 2 is 0.500 bits per heavy atom. The summed E-state index contributed by atoms with van der Waals surface area (Å²) in [5.74, 6) is 0. The zero-order valence-corrected chi connectivity index (χ0v) is 33.4. The average Bonchev–Trinajstić information content (AvgIpc) is 2.81. The van der Waals surface area contributed by atoms with Crippen LogP contribution in [0.15, 0.2) is 0 Å². The monoisotopic (exact) mass is 1180 g/mol. The zero-order valence-electron chi connectivity index (χ0n) is 27.0. The van der Waals surface area contributed by atoms with Gasteiger partial charge in [0.15, 0.2) is 0 Å². The first-order chi connectivity index (χ1) is 16.8. The van der Waals surface area contributed by atoms with Crippen LogP contribution in [0.5, 0.6) is 0 Å². The van der Waals surface area contributed by atoms with E-state index in [1.807, 2.05) is 0 Å². The standard InChI is InChI=1S/4C5H11N2O2.2Cu.4H2N.4H2O.2Pt/c4*1-7-3-2-4(8)6-5(7)9;;;;;;;;;;;;/h4*4-5,8-9H,2-3H2,1H3;;;8*1H2;;/q4*-1;;;4*-1;;;;;2*+4. The molecule has 314 valence electrons. The second kappa shape index (κ2) is 44.6. The third-order valence-corrected chi connectivity index (χ3v) is 5.76. The summed E-state index contributed by atoms with van der Waals surface area (Å²) in [6, 6.07) is 0. The average molecular weight is 1180 g/mol. The van der Waals surface area contributed by atoms with Gasteiger partial charge in [0.1, 0.15) is 0 Å². The molecule has 0 aromatic carbocycles. The summed E-state index contributed by atoms with van der Waals surface area (Å²) in [7, 11) is 7.06. The van der Waals surface area contributed by atoms with Crippen LogP contribution < -0.4 is 0 Å². The number of hydrogen-bond donors (Lipinski definition) is 8. The Bertz CT molecular complexity index is 532. The van der Waals surface area contributed by atoms with Crippen LogP contribution in [0, 0.1) is 0 Å². The fourth-order valence-electron chi connectivity index (χ4n) is 3.11. The molecule has 8 atom stereocenters. The van der Waals surface area contributed by atoms with Crippen LogP contribution >= 0.6 is 0 Å². The molecule has 4 aliphatic rings. The minimum atomic E-state index is -0.811.